The Morgan fingerprint density at radius 1 is 0.938 bits per heavy atom. The highest BCUT2D eigenvalue weighted by Gasteiger charge is 2.21. The van der Waals surface area contributed by atoms with Gasteiger partial charge < -0.3 is 0 Å². The number of nitrogens with one attached hydrogen (secondary N) is 3. The number of pyridine rings is 1. The van der Waals surface area contributed by atoms with Crippen molar-refractivity contribution in [1.29, 1.82) is 0 Å². The Hall–Kier alpha value is -2.99. The smallest absolute Gasteiger partial charge is 0.266 e. The van der Waals surface area contributed by atoms with Gasteiger partial charge in [0.2, 0.25) is 0 Å². The predicted molar refractivity (Wildman–Crippen MR) is 120 cm³/mol. The number of benzene rings is 2. The Labute approximate surface area is 190 Å². The molecule has 0 saturated heterocycles. The lowest BCUT2D eigenvalue weighted by atomic mass is 10.1. The van der Waals surface area contributed by atoms with E-state index in [0.29, 0.717) is 5.69 Å². The van der Waals surface area contributed by atoms with Crippen LogP contribution in [0, 0.1) is 13.8 Å². The monoisotopic (exact) mass is 494 g/mol. The number of aromatic nitrogens is 1. The van der Waals surface area contributed by atoms with Gasteiger partial charge in [-0.25, -0.2) is 21.8 Å². The molecule has 0 radical (unpaired) electrons. The number of amides is 1. The Bertz CT molecular complexity index is 1390. The number of hydrazine groups is 1. The summed E-state index contributed by atoms with van der Waals surface area (Å²) < 4.78 is 52.7. The number of nitrogens with zero attached hydrogens (tertiary/aromatic N) is 1. The number of hydrogen-bond donors (Lipinski definition) is 3. The van der Waals surface area contributed by atoms with E-state index < -0.39 is 26.0 Å². The second-order valence-corrected chi connectivity index (χ2v) is 10.5. The zero-order valence-corrected chi connectivity index (χ0v) is 19.3. The molecule has 0 spiro atoms. The van der Waals surface area contributed by atoms with Crippen molar-refractivity contribution in [3.63, 3.8) is 0 Å². The minimum Gasteiger partial charge on any atom is -0.279 e. The molecule has 0 bridgehead atoms. The van der Waals surface area contributed by atoms with E-state index in [1.807, 2.05) is 23.2 Å². The van der Waals surface area contributed by atoms with Gasteiger partial charge in [0.15, 0.2) is 0 Å². The highest BCUT2D eigenvalue weighted by atomic mass is 35.5. The summed E-state index contributed by atoms with van der Waals surface area (Å²) in [6, 6.07) is 13.0. The van der Waals surface area contributed by atoms with E-state index in [0.717, 1.165) is 17.2 Å². The number of halogens is 1. The molecule has 0 atom stereocenters. The lowest BCUT2D eigenvalue weighted by molar-refractivity contribution is 0.0945. The van der Waals surface area contributed by atoms with Crippen molar-refractivity contribution in [3.8, 4) is 0 Å². The number of sulfonamides is 2. The van der Waals surface area contributed by atoms with Gasteiger partial charge in [0.25, 0.3) is 26.0 Å². The van der Waals surface area contributed by atoms with Crippen molar-refractivity contribution in [2.24, 2.45) is 0 Å². The van der Waals surface area contributed by atoms with E-state index in [-0.39, 0.29) is 20.5 Å². The maximum absolute atomic E-state index is 12.8. The van der Waals surface area contributed by atoms with Crippen molar-refractivity contribution in [2.75, 3.05) is 4.72 Å². The maximum Gasteiger partial charge on any atom is 0.266 e. The summed E-state index contributed by atoms with van der Waals surface area (Å²) in [5.41, 5.74) is 4.09. The Balaban J connectivity index is 1.78. The second kappa shape index (κ2) is 9.25. The third-order valence-electron chi connectivity index (χ3n) is 4.35. The molecule has 3 aromatic rings. The van der Waals surface area contributed by atoms with Crippen molar-refractivity contribution < 1.29 is 21.6 Å². The summed E-state index contributed by atoms with van der Waals surface area (Å²) in [6.07, 6.45) is 1.32. The fourth-order valence-electron chi connectivity index (χ4n) is 2.75. The van der Waals surface area contributed by atoms with Crippen LogP contribution in [0.4, 0.5) is 5.69 Å². The van der Waals surface area contributed by atoms with Crippen molar-refractivity contribution in [1.82, 2.24) is 15.2 Å². The number of rotatable bonds is 7. The first-order chi connectivity index (χ1) is 15.0. The van der Waals surface area contributed by atoms with Crippen LogP contribution in [0.2, 0.25) is 5.15 Å². The highest BCUT2D eigenvalue weighted by molar-refractivity contribution is 7.92. The molecule has 0 aliphatic heterocycles. The first-order valence-electron chi connectivity index (χ1n) is 9.12. The largest absolute Gasteiger partial charge is 0.279 e. The van der Waals surface area contributed by atoms with Gasteiger partial charge >= 0.3 is 0 Å². The zero-order valence-electron chi connectivity index (χ0n) is 17.0. The summed E-state index contributed by atoms with van der Waals surface area (Å²) in [5.74, 6) is -0.864. The second-order valence-electron chi connectivity index (χ2n) is 6.80. The molecule has 0 fully saturated rings. The molecule has 2 aromatic carbocycles. The van der Waals surface area contributed by atoms with E-state index in [9.17, 15) is 21.6 Å². The van der Waals surface area contributed by atoms with Crippen LogP contribution in [0.25, 0.3) is 0 Å². The Kier molecular flexibility index (Phi) is 6.84. The average Bonchev–Trinajstić information content (AvgIpc) is 2.74. The molecule has 0 aliphatic carbocycles. The van der Waals surface area contributed by atoms with Crippen LogP contribution in [0.15, 0.2) is 70.6 Å². The molecule has 1 amide bonds. The highest BCUT2D eigenvalue weighted by Crippen LogP contribution is 2.21. The standard InChI is InChI=1S/C20H19ClN4O5S2/c1-13-8-9-17(14(2)11-13)24-31(27,28)16-6-3-5-15(12-16)20(26)23-25-32(29,30)18-7-4-10-22-19(18)21/h3-12,24-25H,1-2H3,(H,23,26). The van der Waals surface area contributed by atoms with Gasteiger partial charge in [-0.3, -0.25) is 14.9 Å². The number of carbonyl (C=O) groups excluding carboxylic acids is 1. The fraction of sp³-hybridized carbons (Fsp3) is 0.100. The Morgan fingerprint density at radius 3 is 2.38 bits per heavy atom. The van der Waals surface area contributed by atoms with Crippen molar-refractivity contribution >= 4 is 43.2 Å². The number of hydrogen-bond acceptors (Lipinski definition) is 6. The number of carbonyl (C=O) groups is 1. The minimum absolute atomic E-state index is 0.0755. The van der Waals surface area contributed by atoms with E-state index in [1.54, 1.807) is 19.1 Å². The minimum atomic E-state index is -4.19. The lowest BCUT2D eigenvalue weighted by Gasteiger charge is -2.12. The number of anilines is 1. The average molecular weight is 495 g/mol. The lowest BCUT2D eigenvalue weighted by Crippen LogP contribution is -2.41. The van der Waals surface area contributed by atoms with Crippen LogP contribution in [-0.4, -0.2) is 27.7 Å². The molecule has 0 unspecified atom stereocenters. The van der Waals surface area contributed by atoms with Gasteiger partial charge in [-0.05, 0) is 55.8 Å². The van der Waals surface area contributed by atoms with Gasteiger partial charge in [-0.1, -0.05) is 35.4 Å². The molecular weight excluding hydrogens is 476 g/mol. The van der Waals surface area contributed by atoms with Crippen LogP contribution >= 0.6 is 11.6 Å². The molecule has 3 N–H and O–H groups in total. The van der Waals surface area contributed by atoms with Gasteiger partial charge in [-0.2, -0.15) is 0 Å². The van der Waals surface area contributed by atoms with Crippen molar-refractivity contribution in [2.45, 2.75) is 23.6 Å². The first-order valence-corrected chi connectivity index (χ1v) is 12.5. The van der Waals surface area contributed by atoms with E-state index >= 15 is 0 Å². The summed E-state index contributed by atoms with van der Waals surface area (Å²) in [5, 5.41) is -0.264. The predicted octanol–water partition coefficient (Wildman–Crippen LogP) is 2.78. The summed E-state index contributed by atoms with van der Waals surface area (Å²) in [7, 11) is -8.18. The van der Waals surface area contributed by atoms with Crippen LogP contribution in [-0.2, 0) is 20.0 Å². The van der Waals surface area contributed by atoms with E-state index in [1.165, 1.54) is 36.5 Å². The Morgan fingerprint density at radius 2 is 1.69 bits per heavy atom. The van der Waals surface area contributed by atoms with Crippen LogP contribution in [0.3, 0.4) is 0 Å². The molecule has 32 heavy (non-hydrogen) atoms. The molecule has 12 heteroatoms. The quantitative estimate of drug-likeness (QED) is 0.341. The topological polar surface area (TPSA) is 134 Å². The normalized spacial score (nSPS) is 11.7. The van der Waals surface area contributed by atoms with Crippen LogP contribution in [0.1, 0.15) is 21.5 Å². The fourth-order valence-corrected chi connectivity index (χ4v) is 5.22. The first kappa shape index (κ1) is 23.7. The molecule has 0 saturated carbocycles. The van der Waals surface area contributed by atoms with Gasteiger partial charge in [0.1, 0.15) is 10.0 Å². The molecular formula is C20H19ClN4O5S2. The van der Waals surface area contributed by atoms with E-state index in [2.05, 4.69) is 9.71 Å². The van der Waals surface area contributed by atoms with Gasteiger partial charge in [0, 0.05) is 11.8 Å². The molecule has 1 aromatic heterocycles. The van der Waals surface area contributed by atoms with Gasteiger partial charge in [-0.15, -0.1) is 4.83 Å². The summed E-state index contributed by atoms with van der Waals surface area (Å²) in [4.78, 5) is 17.5. The maximum atomic E-state index is 12.8. The van der Waals surface area contributed by atoms with E-state index in [4.69, 9.17) is 11.6 Å². The number of aryl methyl sites for hydroxylation is 2. The molecule has 0 aliphatic rings. The molecule has 9 nitrogen and oxygen atoms in total. The van der Waals surface area contributed by atoms with Gasteiger partial charge in [0.05, 0.1) is 10.6 Å². The van der Waals surface area contributed by atoms with Crippen LogP contribution < -0.4 is 15.0 Å². The van der Waals surface area contributed by atoms with Crippen LogP contribution in [0.5, 0.6) is 0 Å². The third kappa shape index (κ3) is 5.43. The van der Waals surface area contributed by atoms with Crippen molar-refractivity contribution in [3.05, 3.63) is 82.6 Å². The third-order valence-corrected chi connectivity index (χ3v) is 7.40. The zero-order chi connectivity index (χ0) is 23.5. The molecule has 168 valence electrons. The molecule has 3 rings (SSSR count). The molecule has 1 heterocycles. The summed E-state index contributed by atoms with van der Waals surface area (Å²) >= 11 is 5.78. The SMILES string of the molecule is Cc1ccc(NS(=O)(=O)c2cccc(C(=O)NNS(=O)(=O)c3cccnc3Cl)c2)c(C)c1. The summed E-state index contributed by atoms with van der Waals surface area (Å²) in [6.45, 7) is 3.67.